The molecule has 0 fully saturated rings. The number of hydrogen-bond donors (Lipinski definition) is 2. The molecule has 6 heteroatoms. The Hall–Kier alpha value is -2.79. The monoisotopic (exact) mass is 385 g/mol. The SMILES string of the molecule is Cc1c(CCC(=O)NCCc2ccc(Cl)cc2)c(=O)oc2cc(O)ccc12. The van der Waals surface area contributed by atoms with E-state index < -0.39 is 5.63 Å². The molecule has 5 nitrogen and oxygen atoms in total. The summed E-state index contributed by atoms with van der Waals surface area (Å²) in [6, 6.07) is 12.2. The first kappa shape index (κ1) is 19.0. The summed E-state index contributed by atoms with van der Waals surface area (Å²) >= 11 is 5.85. The van der Waals surface area contributed by atoms with Gasteiger partial charge in [-0.15, -0.1) is 0 Å². The number of aromatic hydroxyl groups is 1. The summed E-state index contributed by atoms with van der Waals surface area (Å²) in [7, 11) is 0. The van der Waals surface area contributed by atoms with E-state index in [1.165, 1.54) is 6.07 Å². The number of carbonyl (C=O) groups excluding carboxylic acids is 1. The molecule has 0 aliphatic heterocycles. The number of amides is 1. The lowest BCUT2D eigenvalue weighted by Crippen LogP contribution is -2.26. The molecule has 0 unspecified atom stereocenters. The third-order valence-corrected chi connectivity index (χ3v) is 4.77. The molecule has 1 aromatic heterocycles. The topological polar surface area (TPSA) is 79.5 Å². The largest absolute Gasteiger partial charge is 0.508 e. The lowest BCUT2D eigenvalue weighted by atomic mass is 10.0. The molecule has 1 amide bonds. The number of rotatable bonds is 6. The number of phenols is 1. The molecule has 0 aliphatic carbocycles. The fourth-order valence-corrected chi connectivity index (χ4v) is 3.12. The molecule has 0 spiro atoms. The quantitative estimate of drug-likeness (QED) is 0.633. The number of fused-ring (bicyclic) bond motifs is 1. The predicted molar refractivity (Wildman–Crippen MR) is 105 cm³/mol. The Morgan fingerprint density at radius 1 is 1.15 bits per heavy atom. The van der Waals surface area contributed by atoms with Crippen LogP contribution < -0.4 is 10.9 Å². The average molecular weight is 386 g/mol. The van der Waals surface area contributed by atoms with Crippen molar-refractivity contribution in [3.8, 4) is 5.75 Å². The van der Waals surface area contributed by atoms with Crippen LogP contribution in [0.1, 0.15) is 23.1 Å². The standard InChI is InChI=1S/C21H20ClNO4/c1-13-17-7-6-16(24)12-19(17)27-21(26)18(13)8-9-20(25)23-11-10-14-2-4-15(22)5-3-14/h2-7,12,24H,8-11H2,1H3,(H,23,25). The Morgan fingerprint density at radius 2 is 1.89 bits per heavy atom. The molecular formula is C21H20ClNO4. The number of carbonyl (C=O) groups is 1. The summed E-state index contributed by atoms with van der Waals surface area (Å²) in [6.07, 6.45) is 1.22. The number of hydrogen-bond acceptors (Lipinski definition) is 4. The molecular weight excluding hydrogens is 366 g/mol. The Balaban J connectivity index is 1.59. The van der Waals surface area contributed by atoms with Gasteiger partial charge in [-0.1, -0.05) is 23.7 Å². The van der Waals surface area contributed by atoms with Crippen molar-refractivity contribution >= 4 is 28.5 Å². The predicted octanol–water partition coefficient (Wildman–Crippen LogP) is 3.75. The molecule has 0 saturated carbocycles. The highest BCUT2D eigenvalue weighted by Gasteiger charge is 2.13. The zero-order valence-corrected chi connectivity index (χ0v) is 15.7. The molecule has 0 atom stereocenters. The van der Waals surface area contributed by atoms with Crippen LogP contribution in [0, 0.1) is 6.92 Å². The van der Waals surface area contributed by atoms with Gasteiger partial charge in [-0.2, -0.15) is 0 Å². The molecule has 0 radical (unpaired) electrons. The van der Waals surface area contributed by atoms with E-state index in [-0.39, 0.29) is 18.1 Å². The second-order valence-electron chi connectivity index (χ2n) is 6.40. The van der Waals surface area contributed by atoms with Gasteiger partial charge in [0.15, 0.2) is 0 Å². The molecule has 2 aromatic carbocycles. The van der Waals surface area contributed by atoms with Crippen molar-refractivity contribution in [1.82, 2.24) is 5.32 Å². The van der Waals surface area contributed by atoms with Gasteiger partial charge in [0.2, 0.25) is 5.91 Å². The van der Waals surface area contributed by atoms with E-state index in [0.29, 0.717) is 35.6 Å². The Labute approximate surface area is 161 Å². The fraction of sp³-hybridized carbons (Fsp3) is 0.238. The highest BCUT2D eigenvalue weighted by Crippen LogP contribution is 2.23. The van der Waals surface area contributed by atoms with Crippen LogP contribution >= 0.6 is 11.6 Å². The van der Waals surface area contributed by atoms with Crippen molar-refractivity contribution in [3.05, 3.63) is 74.6 Å². The number of aryl methyl sites for hydroxylation is 1. The maximum Gasteiger partial charge on any atom is 0.339 e. The molecule has 0 saturated heterocycles. The summed E-state index contributed by atoms with van der Waals surface area (Å²) in [4.78, 5) is 24.3. The van der Waals surface area contributed by atoms with Gasteiger partial charge < -0.3 is 14.8 Å². The van der Waals surface area contributed by atoms with E-state index in [0.717, 1.165) is 16.5 Å². The second-order valence-corrected chi connectivity index (χ2v) is 6.84. The summed E-state index contributed by atoms with van der Waals surface area (Å²) in [5, 5.41) is 13.8. The van der Waals surface area contributed by atoms with Gasteiger partial charge in [-0.3, -0.25) is 4.79 Å². The van der Waals surface area contributed by atoms with Gasteiger partial charge in [-0.25, -0.2) is 4.79 Å². The van der Waals surface area contributed by atoms with Gasteiger partial charge >= 0.3 is 5.63 Å². The summed E-state index contributed by atoms with van der Waals surface area (Å²) in [5.74, 6) is -0.0774. The minimum absolute atomic E-state index is 0.0397. The first-order valence-electron chi connectivity index (χ1n) is 8.70. The number of phenolic OH excluding ortho intramolecular Hbond substituents is 1. The maximum absolute atomic E-state index is 12.2. The van der Waals surface area contributed by atoms with Crippen molar-refractivity contribution in [2.75, 3.05) is 6.54 Å². The summed E-state index contributed by atoms with van der Waals surface area (Å²) in [5.41, 5.74) is 2.22. The normalized spacial score (nSPS) is 10.9. The van der Waals surface area contributed by atoms with E-state index in [1.54, 1.807) is 12.1 Å². The van der Waals surface area contributed by atoms with E-state index in [1.807, 2.05) is 31.2 Å². The number of nitrogens with one attached hydrogen (secondary N) is 1. The van der Waals surface area contributed by atoms with Crippen LogP contribution in [0.15, 0.2) is 51.7 Å². The van der Waals surface area contributed by atoms with Crippen molar-refractivity contribution in [1.29, 1.82) is 0 Å². The molecule has 0 aliphatic rings. The van der Waals surface area contributed by atoms with Crippen LogP contribution in [0.25, 0.3) is 11.0 Å². The smallest absolute Gasteiger partial charge is 0.339 e. The number of halogens is 1. The van der Waals surface area contributed by atoms with Gasteiger partial charge in [-0.05, 0) is 55.2 Å². The second kappa shape index (κ2) is 8.27. The highest BCUT2D eigenvalue weighted by atomic mass is 35.5. The van der Waals surface area contributed by atoms with E-state index in [9.17, 15) is 14.7 Å². The van der Waals surface area contributed by atoms with Gasteiger partial charge in [0.1, 0.15) is 11.3 Å². The molecule has 0 bridgehead atoms. The van der Waals surface area contributed by atoms with Crippen molar-refractivity contribution in [3.63, 3.8) is 0 Å². The first-order valence-corrected chi connectivity index (χ1v) is 9.08. The minimum Gasteiger partial charge on any atom is -0.508 e. The zero-order chi connectivity index (χ0) is 19.4. The maximum atomic E-state index is 12.2. The van der Waals surface area contributed by atoms with Gasteiger partial charge in [0.25, 0.3) is 0 Å². The first-order chi connectivity index (χ1) is 12.9. The van der Waals surface area contributed by atoms with Crippen LogP contribution in [0.3, 0.4) is 0 Å². The molecule has 2 N–H and O–H groups in total. The summed E-state index contributed by atoms with van der Waals surface area (Å²) in [6.45, 7) is 2.34. The van der Waals surface area contributed by atoms with E-state index in [2.05, 4.69) is 5.32 Å². The lowest BCUT2D eigenvalue weighted by Gasteiger charge is -2.09. The van der Waals surface area contributed by atoms with Crippen LogP contribution in [0.4, 0.5) is 0 Å². The Morgan fingerprint density at radius 3 is 2.63 bits per heavy atom. The molecule has 3 aromatic rings. The van der Waals surface area contributed by atoms with E-state index >= 15 is 0 Å². The fourth-order valence-electron chi connectivity index (χ4n) is 3.00. The van der Waals surface area contributed by atoms with E-state index in [4.69, 9.17) is 16.0 Å². The molecule has 27 heavy (non-hydrogen) atoms. The zero-order valence-electron chi connectivity index (χ0n) is 14.9. The Bertz CT molecular complexity index is 1020. The van der Waals surface area contributed by atoms with Crippen molar-refractivity contribution in [2.24, 2.45) is 0 Å². The molecule has 3 rings (SSSR count). The van der Waals surface area contributed by atoms with Crippen LogP contribution in [-0.4, -0.2) is 17.6 Å². The van der Waals surface area contributed by atoms with Crippen LogP contribution in [-0.2, 0) is 17.6 Å². The van der Waals surface area contributed by atoms with Crippen molar-refractivity contribution in [2.45, 2.75) is 26.2 Å². The van der Waals surface area contributed by atoms with Crippen LogP contribution in [0.5, 0.6) is 5.75 Å². The Kier molecular flexibility index (Phi) is 5.81. The van der Waals surface area contributed by atoms with Crippen LogP contribution in [0.2, 0.25) is 5.02 Å². The average Bonchev–Trinajstić information content (AvgIpc) is 2.63. The van der Waals surface area contributed by atoms with Crippen molar-refractivity contribution < 1.29 is 14.3 Å². The molecule has 1 heterocycles. The number of benzene rings is 2. The van der Waals surface area contributed by atoms with Gasteiger partial charge in [0, 0.05) is 35.0 Å². The van der Waals surface area contributed by atoms with Gasteiger partial charge in [0.05, 0.1) is 0 Å². The third kappa shape index (κ3) is 4.68. The third-order valence-electron chi connectivity index (χ3n) is 4.52. The molecule has 140 valence electrons. The summed E-state index contributed by atoms with van der Waals surface area (Å²) < 4.78 is 5.28. The lowest BCUT2D eigenvalue weighted by molar-refractivity contribution is -0.121. The highest BCUT2D eigenvalue weighted by molar-refractivity contribution is 6.30. The minimum atomic E-state index is -0.473.